The third-order valence-corrected chi connectivity index (χ3v) is 3.67. The van der Waals surface area contributed by atoms with E-state index in [4.69, 9.17) is 8.94 Å². The van der Waals surface area contributed by atoms with Crippen molar-refractivity contribution in [2.45, 2.75) is 6.18 Å². The second kappa shape index (κ2) is 5.83. The first-order valence-electron chi connectivity index (χ1n) is 7.36. The molecule has 3 heterocycles. The van der Waals surface area contributed by atoms with Crippen molar-refractivity contribution in [2.24, 2.45) is 7.05 Å². The molecule has 3 aromatic heterocycles. The van der Waals surface area contributed by atoms with Crippen LogP contribution in [0.3, 0.4) is 0 Å². The van der Waals surface area contributed by atoms with E-state index < -0.39 is 11.7 Å². The van der Waals surface area contributed by atoms with Crippen molar-refractivity contribution in [1.82, 2.24) is 24.7 Å². The van der Waals surface area contributed by atoms with Crippen LogP contribution in [0.4, 0.5) is 13.2 Å². The van der Waals surface area contributed by atoms with Crippen molar-refractivity contribution in [2.75, 3.05) is 0 Å². The van der Waals surface area contributed by atoms with Crippen LogP contribution in [0.2, 0.25) is 0 Å². The monoisotopic (exact) mass is 361 g/mol. The van der Waals surface area contributed by atoms with Gasteiger partial charge in [0, 0.05) is 25.0 Å². The Morgan fingerprint density at radius 2 is 2.00 bits per heavy atom. The number of aryl methyl sites for hydroxylation is 1. The number of nitrogens with zero attached hydrogens (tertiary/aromatic N) is 5. The third kappa shape index (κ3) is 2.75. The highest BCUT2D eigenvalue weighted by molar-refractivity contribution is 5.73. The number of hydrogen-bond acceptors (Lipinski definition) is 6. The van der Waals surface area contributed by atoms with Crippen LogP contribution >= 0.6 is 0 Å². The van der Waals surface area contributed by atoms with Crippen molar-refractivity contribution in [3.05, 3.63) is 48.6 Å². The van der Waals surface area contributed by atoms with E-state index in [-0.39, 0.29) is 28.7 Å². The van der Waals surface area contributed by atoms with Gasteiger partial charge >= 0.3 is 6.18 Å². The van der Waals surface area contributed by atoms with E-state index in [0.29, 0.717) is 5.82 Å². The van der Waals surface area contributed by atoms with Crippen molar-refractivity contribution in [3.63, 3.8) is 0 Å². The topological polar surface area (TPSA) is 82.8 Å². The molecular formula is C16H10F3N5O2. The van der Waals surface area contributed by atoms with Gasteiger partial charge in [-0.05, 0) is 12.1 Å². The Hall–Kier alpha value is -3.43. The first-order valence-corrected chi connectivity index (χ1v) is 7.36. The number of aromatic nitrogens is 5. The zero-order valence-electron chi connectivity index (χ0n) is 13.2. The molecule has 132 valence electrons. The largest absolute Gasteiger partial charge is 0.443 e. The fourth-order valence-corrected chi connectivity index (χ4v) is 2.43. The summed E-state index contributed by atoms with van der Waals surface area (Å²) in [7, 11) is 1.77. The summed E-state index contributed by atoms with van der Waals surface area (Å²) in [5, 5.41) is 3.84. The molecule has 1 aromatic carbocycles. The Labute approximate surface area is 144 Å². The molecule has 0 aliphatic heterocycles. The van der Waals surface area contributed by atoms with Gasteiger partial charge in [-0.25, -0.2) is 9.97 Å². The smallest absolute Gasteiger partial charge is 0.416 e. The van der Waals surface area contributed by atoms with Crippen molar-refractivity contribution < 1.29 is 22.1 Å². The lowest BCUT2D eigenvalue weighted by molar-refractivity contribution is -0.137. The highest BCUT2D eigenvalue weighted by Crippen LogP contribution is 2.35. The second-order valence-corrected chi connectivity index (χ2v) is 5.39. The average molecular weight is 361 g/mol. The lowest BCUT2D eigenvalue weighted by atomic mass is 10.1. The summed E-state index contributed by atoms with van der Waals surface area (Å²) in [6.45, 7) is 0. The van der Waals surface area contributed by atoms with Gasteiger partial charge in [-0.3, -0.25) is 0 Å². The van der Waals surface area contributed by atoms with Gasteiger partial charge in [0.1, 0.15) is 0 Å². The minimum Gasteiger partial charge on any atom is -0.443 e. The van der Waals surface area contributed by atoms with Crippen LogP contribution in [0.15, 0.2) is 52.0 Å². The lowest BCUT2D eigenvalue weighted by Gasteiger charge is -2.07. The Morgan fingerprint density at radius 3 is 2.73 bits per heavy atom. The molecule has 0 saturated carbocycles. The lowest BCUT2D eigenvalue weighted by Crippen LogP contribution is -2.04. The summed E-state index contributed by atoms with van der Waals surface area (Å²) in [6.07, 6.45) is -0.0628. The Kier molecular flexibility index (Phi) is 3.60. The van der Waals surface area contributed by atoms with Crippen LogP contribution in [-0.2, 0) is 13.2 Å². The predicted molar refractivity (Wildman–Crippen MR) is 82.4 cm³/mol. The molecule has 4 aromatic rings. The molecular weight excluding hydrogens is 351 g/mol. The number of alkyl halides is 3. The van der Waals surface area contributed by atoms with Crippen molar-refractivity contribution >= 4 is 0 Å². The molecule has 0 unspecified atom stereocenters. The molecule has 0 bridgehead atoms. The first kappa shape index (κ1) is 16.1. The molecule has 0 amide bonds. The maximum Gasteiger partial charge on any atom is 0.416 e. The van der Waals surface area contributed by atoms with Gasteiger partial charge in [-0.15, -0.1) is 0 Å². The van der Waals surface area contributed by atoms with Crippen LogP contribution in [0, 0.1) is 0 Å². The number of oxazole rings is 1. The van der Waals surface area contributed by atoms with Gasteiger partial charge < -0.3 is 13.5 Å². The summed E-state index contributed by atoms with van der Waals surface area (Å²) in [6, 6.07) is 4.72. The molecule has 0 aliphatic carbocycles. The third-order valence-electron chi connectivity index (χ3n) is 3.67. The normalized spacial score (nSPS) is 11.8. The van der Waals surface area contributed by atoms with E-state index in [0.717, 1.165) is 18.5 Å². The number of rotatable bonds is 3. The van der Waals surface area contributed by atoms with Gasteiger partial charge in [-0.2, -0.15) is 18.2 Å². The SMILES string of the molecule is Cn1ccnc1-c1noc(-c2ncoc2-c2cccc(C(F)(F)F)c2)n1. The van der Waals surface area contributed by atoms with Gasteiger partial charge in [0.2, 0.25) is 5.82 Å². The van der Waals surface area contributed by atoms with Crippen LogP contribution in [0.25, 0.3) is 34.6 Å². The molecule has 0 aliphatic rings. The standard InChI is InChI=1S/C16H10F3N5O2/c1-24-6-5-20-14(24)13-22-15(26-23-13)11-12(25-8-21-11)9-3-2-4-10(7-9)16(17,18)19/h2-8H,1H3. The zero-order valence-corrected chi connectivity index (χ0v) is 13.2. The number of hydrogen-bond donors (Lipinski definition) is 0. The highest BCUT2D eigenvalue weighted by atomic mass is 19.4. The van der Waals surface area contributed by atoms with E-state index in [1.807, 2.05) is 0 Å². The first-order chi connectivity index (χ1) is 12.4. The van der Waals surface area contributed by atoms with Crippen LogP contribution < -0.4 is 0 Å². The maximum atomic E-state index is 12.9. The zero-order chi connectivity index (χ0) is 18.3. The van der Waals surface area contributed by atoms with Crippen LogP contribution in [0.5, 0.6) is 0 Å². The summed E-state index contributed by atoms with van der Waals surface area (Å²) in [5.41, 5.74) is -0.446. The van der Waals surface area contributed by atoms with Gasteiger partial charge in [0.25, 0.3) is 5.89 Å². The minimum absolute atomic E-state index is 0.0177. The predicted octanol–water partition coefficient (Wildman–Crippen LogP) is 3.81. The van der Waals surface area contributed by atoms with Crippen LogP contribution in [-0.4, -0.2) is 24.7 Å². The molecule has 4 rings (SSSR count). The fraction of sp³-hybridized carbons (Fsp3) is 0.125. The number of halogens is 3. The van der Waals surface area contributed by atoms with Crippen molar-refractivity contribution in [1.29, 1.82) is 0 Å². The Morgan fingerprint density at radius 1 is 1.15 bits per heavy atom. The number of benzene rings is 1. The van der Waals surface area contributed by atoms with Gasteiger partial charge in [-0.1, -0.05) is 17.3 Å². The summed E-state index contributed by atoms with van der Waals surface area (Å²) in [4.78, 5) is 12.3. The van der Waals surface area contributed by atoms with Gasteiger partial charge in [0.15, 0.2) is 23.7 Å². The van der Waals surface area contributed by atoms with E-state index in [9.17, 15) is 13.2 Å². The highest BCUT2D eigenvalue weighted by Gasteiger charge is 2.31. The molecule has 0 radical (unpaired) electrons. The molecule has 7 nitrogen and oxygen atoms in total. The molecule has 0 atom stereocenters. The molecule has 10 heteroatoms. The molecule has 0 fully saturated rings. The summed E-state index contributed by atoms with van der Waals surface area (Å²) in [5.74, 6) is 0.824. The van der Waals surface area contributed by atoms with E-state index in [1.54, 1.807) is 24.0 Å². The maximum absolute atomic E-state index is 12.9. The average Bonchev–Trinajstić information content (AvgIpc) is 3.33. The second-order valence-electron chi connectivity index (χ2n) is 5.39. The van der Waals surface area contributed by atoms with Crippen LogP contribution in [0.1, 0.15) is 5.56 Å². The minimum atomic E-state index is -4.47. The Bertz CT molecular complexity index is 1060. The van der Waals surface area contributed by atoms with E-state index in [2.05, 4.69) is 20.1 Å². The van der Waals surface area contributed by atoms with Gasteiger partial charge in [0.05, 0.1) is 5.56 Å². The molecule has 26 heavy (non-hydrogen) atoms. The Balaban J connectivity index is 1.75. The van der Waals surface area contributed by atoms with E-state index >= 15 is 0 Å². The summed E-state index contributed by atoms with van der Waals surface area (Å²) >= 11 is 0. The molecule has 0 spiro atoms. The molecule has 0 N–H and O–H groups in total. The molecule has 0 saturated heterocycles. The van der Waals surface area contributed by atoms with Crippen molar-refractivity contribution in [3.8, 4) is 34.6 Å². The fourth-order valence-electron chi connectivity index (χ4n) is 2.43. The number of imidazole rings is 1. The summed E-state index contributed by atoms with van der Waals surface area (Å²) < 4.78 is 51.0. The van der Waals surface area contributed by atoms with E-state index in [1.165, 1.54) is 12.1 Å². The quantitative estimate of drug-likeness (QED) is 0.552.